The number of piperidine rings is 1. The molecule has 1 rings (SSSR count). The normalized spacial score (nSPS) is 16.7. The van der Waals surface area contributed by atoms with E-state index in [1.165, 1.54) is 51.6 Å². The number of rotatable bonds is 9. The monoisotopic (exact) mass is 340 g/mol. The maximum Gasteiger partial charge on any atom is 0.410 e. The van der Waals surface area contributed by atoms with Gasteiger partial charge in [-0.1, -0.05) is 39.5 Å². The number of amides is 1. The van der Waals surface area contributed by atoms with Crippen LogP contribution in [0.15, 0.2) is 0 Å². The van der Waals surface area contributed by atoms with Crippen molar-refractivity contribution in [2.24, 2.45) is 0 Å². The molecule has 0 saturated carbocycles. The Kier molecular flexibility index (Phi) is 9.72. The minimum Gasteiger partial charge on any atom is -0.444 e. The lowest BCUT2D eigenvalue weighted by atomic mass is 10.0. The van der Waals surface area contributed by atoms with Crippen molar-refractivity contribution in [3.05, 3.63) is 0 Å². The van der Waals surface area contributed by atoms with E-state index in [4.69, 9.17) is 4.74 Å². The maximum absolute atomic E-state index is 12.2. The molecule has 0 radical (unpaired) electrons. The van der Waals surface area contributed by atoms with Crippen LogP contribution in [0, 0.1) is 0 Å². The van der Waals surface area contributed by atoms with Crippen LogP contribution in [-0.4, -0.2) is 53.7 Å². The smallest absolute Gasteiger partial charge is 0.410 e. The van der Waals surface area contributed by atoms with Gasteiger partial charge in [0.15, 0.2) is 0 Å². The second-order valence-corrected chi connectivity index (χ2v) is 8.15. The lowest BCUT2D eigenvalue weighted by molar-refractivity contribution is 0.0141. The van der Waals surface area contributed by atoms with Crippen LogP contribution in [-0.2, 0) is 4.74 Å². The number of unbranched alkanes of at least 4 members (excludes halogenated alkanes) is 4. The van der Waals surface area contributed by atoms with Crippen molar-refractivity contribution in [3.8, 4) is 0 Å². The summed E-state index contributed by atoms with van der Waals surface area (Å²) in [7, 11) is 0. The molecular formula is C20H40N2O2. The largest absolute Gasteiger partial charge is 0.444 e. The van der Waals surface area contributed by atoms with Crippen LogP contribution in [0.5, 0.6) is 0 Å². The van der Waals surface area contributed by atoms with Crippen LogP contribution in [0.1, 0.15) is 86.0 Å². The number of nitrogens with zero attached hydrogens (tertiary/aromatic N) is 2. The van der Waals surface area contributed by atoms with Gasteiger partial charge in [-0.25, -0.2) is 4.79 Å². The maximum atomic E-state index is 12.2. The number of carbonyl (C=O) groups is 1. The zero-order valence-corrected chi connectivity index (χ0v) is 16.8. The topological polar surface area (TPSA) is 32.8 Å². The lowest BCUT2D eigenvalue weighted by Crippen LogP contribution is -2.48. The first kappa shape index (κ1) is 21.3. The van der Waals surface area contributed by atoms with Gasteiger partial charge in [-0.3, -0.25) is 0 Å². The number of ether oxygens (including phenoxy) is 1. The standard InChI is InChI=1S/C20H40N2O2/c1-6-8-10-14-21(15-11-9-7-2)18-12-16-22(17-13-18)19(23)24-20(3,4)5/h18H,6-17H2,1-5H3. The van der Waals surface area contributed by atoms with Gasteiger partial charge in [-0.05, 0) is 59.5 Å². The van der Waals surface area contributed by atoms with Gasteiger partial charge in [-0.2, -0.15) is 0 Å². The first-order valence-corrected chi connectivity index (χ1v) is 10.1. The molecule has 1 aliphatic heterocycles. The summed E-state index contributed by atoms with van der Waals surface area (Å²) in [5.74, 6) is 0. The Labute approximate surface area is 149 Å². The third kappa shape index (κ3) is 8.36. The average molecular weight is 341 g/mol. The van der Waals surface area contributed by atoms with Crippen molar-refractivity contribution >= 4 is 6.09 Å². The van der Waals surface area contributed by atoms with E-state index in [0.29, 0.717) is 6.04 Å². The predicted molar refractivity (Wildman–Crippen MR) is 101 cm³/mol. The fourth-order valence-electron chi connectivity index (χ4n) is 3.35. The molecule has 0 atom stereocenters. The lowest BCUT2D eigenvalue weighted by Gasteiger charge is -2.39. The van der Waals surface area contributed by atoms with Crippen LogP contribution < -0.4 is 0 Å². The molecule has 0 aliphatic carbocycles. The van der Waals surface area contributed by atoms with Gasteiger partial charge < -0.3 is 14.5 Å². The summed E-state index contributed by atoms with van der Waals surface area (Å²) >= 11 is 0. The van der Waals surface area contributed by atoms with Crippen molar-refractivity contribution in [1.82, 2.24) is 9.80 Å². The summed E-state index contributed by atoms with van der Waals surface area (Å²) in [6.45, 7) is 14.4. The van der Waals surface area contributed by atoms with E-state index in [9.17, 15) is 4.79 Å². The Bertz CT molecular complexity index is 334. The molecule has 0 spiro atoms. The first-order chi connectivity index (χ1) is 11.4. The Balaban J connectivity index is 2.45. The van der Waals surface area contributed by atoms with Gasteiger partial charge in [0.25, 0.3) is 0 Å². The summed E-state index contributed by atoms with van der Waals surface area (Å²) in [5, 5.41) is 0. The molecule has 24 heavy (non-hydrogen) atoms. The van der Waals surface area contributed by atoms with Gasteiger partial charge >= 0.3 is 6.09 Å². The van der Waals surface area contributed by atoms with Crippen LogP contribution in [0.3, 0.4) is 0 Å². The molecule has 0 aromatic rings. The fraction of sp³-hybridized carbons (Fsp3) is 0.950. The highest BCUT2D eigenvalue weighted by atomic mass is 16.6. The quantitative estimate of drug-likeness (QED) is 0.549. The van der Waals surface area contributed by atoms with Crippen LogP contribution >= 0.6 is 0 Å². The van der Waals surface area contributed by atoms with E-state index in [1.54, 1.807) is 0 Å². The average Bonchev–Trinajstić information content (AvgIpc) is 2.52. The number of carbonyl (C=O) groups excluding carboxylic acids is 1. The Morgan fingerprint density at radius 2 is 1.50 bits per heavy atom. The van der Waals surface area contributed by atoms with Crippen molar-refractivity contribution in [2.45, 2.75) is 97.6 Å². The minimum absolute atomic E-state index is 0.149. The summed E-state index contributed by atoms with van der Waals surface area (Å²) in [5.41, 5.74) is -0.403. The molecule has 0 aromatic carbocycles. The van der Waals surface area contributed by atoms with E-state index in [2.05, 4.69) is 18.7 Å². The minimum atomic E-state index is -0.403. The number of hydrogen-bond donors (Lipinski definition) is 0. The SMILES string of the molecule is CCCCCN(CCCCC)C1CCN(C(=O)OC(C)(C)C)CC1. The predicted octanol–water partition coefficient (Wildman–Crippen LogP) is 5.07. The molecule has 1 fully saturated rings. The Morgan fingerprint density at radius 3 is 1.92 bits per heavy atom. The molecule has 4 nitrogen and oxygen atoms in total. The highest BCUT2D eigenvalue weighted by molar-refractivity contribution is 5.68. The number of likely N-dealkylation sites (tertiary alicyclic amines) is 1. The second kappa shape index (κ2) is 11.0. The summed E-state index contributed by atoms with van der Waals surface area (Å²) in [6.07, 6.45) is 9.81. The number of hydrogen-bond acceptors (Lipinski definition) is 3. The van der Waals surface area contributed by atoms with Crippen LogP contribution in [0.4, 0.5) is 4.79 Å². The molecule has 0 unspecified atom stereocenters. The molecule has 1 aliphatic rings. The van der Waals surface area contributed by atoms with E-state index in [1.807, 2.05) is 25.7 Å². The van der Waals surface area contributed by atoms with Crippen molar-refractivity contribution in [1.29, 1.82) is 0 Å². The highest BCUT2D eigenvalue weighted by Crippen LogP contribution is 2.20. The molecule has 1 saturated heterocycles. The van der Waals surface area contributed by atoms with Gasteiger partial charge in [0, 0.05) is 19.1 Å². The third-order valence-corrected chi connectivity index (χ3v) is 4.73. The summed E-state index contributed by atoms with van der Waals surface area (Å²) in [6, 6.07) is 0.636. The van der Waals surface area contributed by atoms with E-state index in [0.717, 1.165) is 25.9 Å². The molecule has 142 valence electrons. The van der Waals surface area contributed by atoms with Gasteiger partial charge in [0.2, 0.25) is 0 Å². The van der Waals surface area contributed by atoms with Crippen molar-refractivity contribution in [3.63, 3.8) is 0 Å². The van der Waals surface area contributed by atoms with Crippen molar-refractivity contribution < 1.29 is 9.53 Å². The summed E-state index contributed by atoms with van der Waals surface area (Å²) in [4.78, 5) is 16.8. The third-order valence-electron chi connectivity index (χ3n) is 4.73. The second-order valence-electron chi connectivity index (χ2n) is 8.15. The molecule has 0 N–H and O–H groups in total. The van der Waals surface area contributed by atoms with Crippen molar-refractivity contribution in [2.75, 3.05) is 26.2 Å². The Morgan fingerprint density at radius 1 is 1.00 bits per heavy atom. The molecule has 4 heteroatoms. The zero-order valence-electron chi connectivity index (χ0n) is 16.8. The van der Waals surface area contributed by atoms with Gasteiger partial charge in [-0.15, -0.1) is 0 Å². The first-order valence-electron chi connectivity index (χ1n) is 10.1. The van der Waals surface area contributed by atoms with E-state index < -0.39 is 5.60 Å². The molecular weight excluding hydrogens is 300 g/mol. The van der Waals surface area contributed by atoms with E-state index in [-0.39, 0.29) is 6.09 Å². The molecule has 1 heterocycles. The molecule has 1 amide bonds. The van der Waals surface area contributed by atoms with Gasteiger partial charge in [0.05, 0.1) is 0 Å². The fourth-order valence-corrected chi connectivity index (χ4v) is 3.35. The highest BCUT2D eigenvalue weighted by Gasteiger charge is 2.29. The summed E-state index contributed by atoms with van der Waals surface area (Å²) < 4.78 is 5.51. The Hall–Kier alpha value is -0.770. The van der Waals surface area contributed by atoms with Crippen LogP contribution in [0.25, 0.3) is 0 Å². The molecule has 0 bridgehead atoms. The van der Waals surface area contributed by atoms with E-state index >= 15 is 0 Å². The van der Waals surface area contributed by atoms with Crippen LogP contribution in [0.2, 0.25) is 0 Å². The molecule has 0 aromatic heterocycles. The van der Waals surface area contributed by atoms with Gasteiger partial charge in [0.1, 0.15) is 5.60 Å². The zero-order chi connectivity index (χ0) is 18.0.